The van der Waals surface area contributed by atoms with Gasteiger partial charge in [0.15, 0.2) is 0 Å². The topological polar surface area (TPSA) is 12.0 Å². The van der Waals surface area contributed by atoms with E-state index < -0.39 is 0 Å². The van der Waals surface area contributed by atoms with Crippen molar-refractivity contribution in [2.24, 2.45) is 0 Å². The van der Waals surface area contributed by atoms with Crippen LogP contribution in [-0.4, -0.2) is 0 Å². The van der Waals surface area contributed by atoms with Crippen LogP contribution in [-0.2, 0) is 5.41 Å². The van der Waals surface area contributed by atoms with Gasteiger partial charge in [0.1, 0.15) is 0 Å². The van der Waals surface area contributed by atoms with Crippen molar-refractivity contribution in [2.75, 3.05) is 5.32 Å². The average molecular weight is 362 g/mol. The minimum atomic E-state index is 0.109. The van der Waals surface area contributed by atoms with Crippen LogP contribution in [0.1, 0.15) is 40.2 Å². The molecule has 0 aliphatic heterocycles. The van der Waals surface area contributed by atoms with Gasteiger partial charge in [0.05, 0.1) is 10.4 Å². The Kier molecular flexibility index (Phi) is 5.33. The van der Waals surface area contributed by atoms with Crippen molar-refractivity contribution in [3.05, 3.63) is 72.3 Å². The summed E-state index contributed by atoms with van der Waals surface area (Å²) in [6.45, 7) is 10.8. The normalized spacial score (nSPS) is 11.3. The zero-order valence-electron chi connectivity index (χ0n) is 16.3. The SMILES string of the molecule is CC.CC(C)(C)c1ccccc1Nc1cccc2c1sc1ccccc12. The summed E-state index contributed by atoms with van der Waals surface area (Å²) in [4.78, 5) is 0. The largest absolute Gasteiger partial charge is 0.354 e. The first-order chi connectivity index (χ1) is 12.5. The molecule has 1 N–H and O–H groups in total. The Morgan fingerprint density at radius 1 is 0.692 bits per heavy atom. The van der Waals surface area contributed by atoms with Crippen LogP contribution in [0.5, 0.6) is 0 Å². The minimum Gasteiger partial charge on any atom is -0.354 e. The van der Waals surface area contributed by atoms with Gasteiger partial charge in [-0.05, 0) is 29.2 Å². The lowest BCUT2D eigenvalue weighted by atomic mass is 9.86. The van der Waals surface area contributed by atoms with E-state index in [2.05, 4.69) is 92.8 Å². The van der Waals surface area contributed by atoms with E-state index in [4.69, 9.17) is 0 Å². The number of thiophene rings is 1. The zero-order valence-corrected chi connectivity index (χ0v) is 17.1. The summed E-state index contributed by atoms with van der Waals surface area (Å²) in [7, 11) is 0. The number of para-hydroxylation sites is 1. The van der Waals surface area contributed by atoms with E-state index in [1.165, 1.54) is 37.1 Å². The van der Waals surface area contributed by atoms with Crippen LogP contribution in [0.4, 0.5) is 11.4 Å². The fourth-order valence-corrected chi connectivity index (χ4v) is 4.41. The third kappa shape index (κ3) is 3.47. The molecule has 0 saturated heterocycles. The molecule has 4 aromatic rings. The number of fused-ring (bicyclic) bond motifs is 3. The lowest BCUT2D eigenvalue weighted by Gasteiger charge is -2.23. The summed E-state index contributed by atoms with van der Waals surface area (Å²) < 4.78 is 2.66. The van der Waals surface area contributed by atoms with E-state index >= 15 is 0 Å². The smallest absolute Gasteiger partial charge is 0.0590 e. The highest BCUT2D eigenvalue weighted by atomic mass is 32.1. The van der Waals surface area contributed by atoms with Crippen LogP contribution in [0.25, 0.3) is 20.2 Å². The summed E-state index contributed by atoms with van der Waals surface area (Å²) in [6, 6.07) is 23.8. The molecule has 4 rings (SSSR count). The van der Waals surface area contributed by atoms with Gasteiger partial charge in [-0.25, -0.2) is 0 Å². The van der Waals surface area contributed by atoms with E-state index in [-0.39, 0.29) is 5.41 Å². The summed E-state index contributed by atoms with van der Waals surface area (Å²) in [5, 5.41) is 6.36. The number of hydrogen-bond acceptors (Lipinski definition) is 2. The Balaban J connectivity index is 0.000000948. The first-order valence-corrected chi connectivity index (χ1v) is 10.1. The molecule has 0 radical (unpaired) electrons. The minimum absolute atomic E-state index is 0.109. The van der Waals surface area contributed by atoms with Gasteiger partial charge in [-0.2, -0.15) is 0 Å². The molecule has 134 valence electrons. The summed E-state index contributed by atoms with van der Waals surface area (Å²) in [5.41, 5.74) is 3.82. The molecule has 26 heavy (non-hydrogen) atoms. The Hall–Kier alpha value is -2.32. The molecule has 0 saturated carbocycles. The molecular formula is C24H27NS. The molecule has 0 aliphatic rings. The molecule has 0 atom stereocenters. The van der Waals surface area contributed by atoms with E-state index in [1.54, 1.807) is 0 Å². The van der Waals surface area contributed by atoms with Crippen LogP contribution in [0.3, 0.4) is 0 Å². The molecule has 0 bridgehead atoms. The first kappa shape index (κ1) is 18.5. The molecule has 0 unspecified atom stereocenters. The maximum atomic E-state index is 3.69. The van der Waals surface area contributed by atoms with Gasteiger partial charge in [0, 0.05) is 21.2 Å². The van der Waals surface area contributed by atoms with Crippen LogP contribution >= 0.6 is 11.3 Å². The van der Waals surface area contributed by atoms with E-state index in [0.717, 1.165) is 0 Å². The van der Waals surface area contributed by atoms with Crippen LogP contribution in [0.2, 0.25) is 0 Å². The molecule has 1 nitrogen and oxygen atoms in total. The fourth-order valence-electron chi connectivity index (χ4n) is 3.24. The van der Waals surface area contributed by atoms with Crippen molar-refractivity contribution in [1.82, 2.24) is 0 Å². The van der Waals surface area contributed by atoms with E-state index in [1.807, 2.05) is 25.2 Å². The Bertz CT molecular complexity index is 1020. The number of benzene rings is 3. The van der Waals surface area contributed by atoms with Crippen molar-refractivity contribution in [2.45, 2.75) is 40.0 Å². The number of hydrogen-bond donors (Lipinski definition) is 1. The lowest BCUT2D eigenvalue weighted by molar-refractivity contribution is 0.592. The van der Waals surface area contributed by atoms with Gasteiger partial charge in [-0.15, -0.1) is 11.3 Å². The van der Waals surface area contributed by atoms with Gasteiger partial charge in [-0.3, -0.25) is 0 Å². The Morgan fingerprint density at radius 3 is 2.08 bits per heavy atom. The quantitative estimate of drug-likeness (QED) is 0.380. The molecule has 1 heterocycles. The number of nitrogens with one attached hydrogen (secondary N) is 1. The second-order valence-corrected chi connectivity index (χ2v) is 8.25. The van der Waals surface area contributed by atoms with Crippen molar-refractivity contribution < 1.29 is 0 Å². The van der Waals surface area contributed by atoms with Gasteiger partial charge < -0.3 is 5.32 Å². The monoisotopic (exact) mass is 361 g/mol. The van der Waals surface area contributed by atoms with Crippen LogP contribution in [0.15, 0.2) is 66.7 Å². The maximum absolute atomic E-state index is 3.69. The highest BCUT2D eigenvalue weighted by Crippen LogP contribution is 2.40. The van der Waals surface area contributed by atoms with Crippen LogP contribution < -0.4 is 5.32 Å². The third-order valence-electron chi connectivity index (χ3n) is 4.41. The summed E-state index contributed by atoms with van der Waals surface area (Å²) in [5.74, 6) is 0. The predicted molar refractivity (Wildman–Crippen MR) is 119 cm³/mol. The molecule has 0 aliphatic carbocycles. The second-order valence-electron chi connectivity index (χ2n) is 7.20. The fraction of sp³-hybridized carbons (Fsp3) is 0.250. The van der Waals surface area contributed by atoms with E-state index in [0.29, 0.717) is 0 Å². The molecule has 0 amide bonds. The number of anilines is 2. The maximum Gasteiger partial charge on any atom is 0.0590 e. The van der Waals surface area contributed by atoms with Gasteiger partial charge in [0.25, 0.3) is 0 Å². The standard InChI is InChI=1S/C22H21NS.C2H6/c1-22(2,3)17-11-5-6-12-18(17)23-19-13-8-10-16-15-9-4-7-14-20(15)24-21(16)19;1-2/h4-14,23H,1-3H3;1-2H3. The van der Waals surface area contributed by atoms with Crippen molar-refractivity contribution in [3.8, 4) is 0 Å². The molecule has 0 spiro atoms. The summed E-state index contributed by atoms with van der Waals surface area (Å²) >= 11 is 1.86. The van der Waals surface area contributed by atoms with E-state index in [9.17, 15) is 0 Å². The Labute approximate surface area is 160 Å². The van der Waals surface area contributed by atoms with Crippen molar-refractivity contribution in [1.29, 1.82) is 0 Å². The van der Waals surface area contributed by atoms with Gasteiger partial charge in [-0.1, -0.05) is 83.1 Å². The average Bonchev–Trinajstić information content (AvgIpc) is 3.03. The summed E-state index contributed by atoms with van der Waals surface area (Å²) in [6.07, 6.45) is 0. The molecule has 1 aromatic heterocycles. The van der Waals surface area contributed by atoms with Crippen molar-refractivity contribution in [3.63, 3.8) is 0 Å². The first-order valence-electron chi connectivity index (χ1n) is 9.31. The molecule has 0 fully saturated rings. The Morgan fingerprint density at radius 2 is 1.31 bits per heavy atom. The predicted octanol–water partition coefficient (Wildman–Crippen LogP) is 8.12. The molecule has 2 heteroatoms. The highest BCUT2D eigenvalue weighted by Gasteiger charge is 2.18. The number of rotatable bonds is 2. The molecule has 3 aromatic carbocycles. The second kappa shape index (κ2) is 7.51. The van der Waals surface area contributed by atoms with Gasteiger partial charge in [0.2, 0.25) is 0 Å². The van der Waals surface area contributed by atoms with Gasteiger partial charge >= 0.3 is 0 Å². The van der Waals surface area contributed by atoms with Crippen molar-refractivity contribution >= 4 is 42.9 Å². The van der Waals surface area contributed by atoms with Crippen LogP contribution in [0, 0.1) is 0 Å². The molecular weight excluding hydrogens is 334 g/mol. The highest BCUT2D eigenvalue weighted by molar-refractivity contribution is 7.26. The zero-order chi connectivity index (χ0) is 18.7. The third-order valence-corrected chi connectivity index (χ3v) is 5.63. The lowest BCUT2D eigenvalue weighted by Crippen LogP contribution is -2.13.